The Balaban J connectivity index is 2.22. The second-order valence-electron chi connectivity index (χ2n) is 4.35. The second-order valence-corrected chi connectivity index (χ2v) is 5.61. The first-order valence-electron chi connectivity index (χ1n) is 5.96. The van der Waals surface area contributed by atoms with Crippen molar-refractivity contribution in [2.24, 2.45) is 0 Å². The van der Waals surface area contributed by atoms with Gasteiger partial charge in [-0.15, -0.1) is 0 Å². The summed E-state index contributed by atoms with van der Waals surface area (Å²) >= 11 is 9.16. The van der Waals surface area contributed by atoms with E-state index in [1.807, 2.05) is 18.2 Å². The number of hydrogen-bond acceptors (Lipinski definition) is 2. The molecule has 1 N–H and O–H groups in total. The lowest BCUT2D eigenvalue weighted by Gasteiger charge is -2.14. The Labute approximate surface area is 130 Å². The molecule has 0 radical (unpaired) electrons. The van der Waals surface area contributed by atoms with E-state index in [-0.39, 0.29) is 5.02 Å². The summed E-state index contributed by atoms with van der Waals surface area (Å²) in [6.45, 7) is 0. The molecule has 0 bridgehead atoms. The lowest BCUT2D eigenvalue weighted by atomic mass is 10.0. The predicted molar refractivity (Wildman–Crippen MR) is 80.8 cm³/mol. The van der Waals surface area contributed by atoms with E-state index >= 15 is 0 Å². The third-order valence-electron chi connectivity index (χ3n) is 2.99. The second kappa shape index (κ2) is 6.57. The molecule has 106 valence electrons. The van der Waals surface area contributed by atoms with Crippen molar-refractivity contribution in [2.45, 2.75) is 12.5 Å². The molecule has 2 rings (SSSR count). The molecular formula is C15H13BrClFO2. The molecule has 1 unspecified atom stereocenters. The van der Waals surface area contributed by atoms with Crippen LogP contribution < -0.4 is 4.74 Å². The van der Waals surface area contributed by atoms with Gasteiger partial charge in [0, 0.05) is 10.9 Å². The number of aliphatic hydroxyl groups is 1. The summed E-state index contributed by atoms with van der Waals surface area (Å²) in [5.41, 5.74) is 1.48. The van der Waals surface area contributed by atoms with Crippen molar-refractivity contribution in [3.8, 4) is 5.75 Å². The van der Waals surface area contributed by atoms with Gasteiger partial charge in [-0.25, -0.2) is 4.39 Å². The Bertz CT molecular complexity index is 619. The Hall–Kier alpha value is -1.10. The van der Waals surface area contributed by atoms with Gasteiger partial charge < -0.3 is 9.84 Å². The van der Waals surface area contributed by atoms with E-state index in [1.165, 1.54) is 18.2 Å². The summed E-state index contributed by atoms with van der Waals surface area (Å²) in [6, 6.07) is 9.75. The smallest absolute Gasteiger partial charge is 0.141 e. The Morgan fingerprint density at radius 1 is 1.30 bits per heavy atom. The number of aliphatic hydroxyl groups excluding tert-OH is 1. The Morgan fingerprint density at radius 3 is 2.70 bits per heavy atom. The van der Waals surface area contributed by atoms with Gasteiger partial charge >= 0.3 is 0 Å². The van der Waals surface area contributed by atoms with Gasteiger partial charge in [-0.05, 0) is 41.5 Å². The van der Waals surface area contributed by atoms with Crippen LogP contribution in [0.5, 0.6) is 5.75 Å². The first kappa shape index (κ1) is 15.3. The molecule has 0 saturated carbocycles. The zero-order valence-corrected chi connectivity index (χ0v) is 13.1. The summed E-state index contributed by atoms with van der Waals surface area (Å²) in [6.07, 6.45) is -0.392. The summed E-state index contributed by atoms with van der Waals surface area (Å²) in [5, 5.41) is 10.2. The summed E-state index contributed by atoms with van der Waals surface area (Å²) in [7, 11) is 1.59. The molecule has 0 aliphatic heterocycles. The fourth-order valence-corrected chi connectivity index (χ4v) is 2.48. The van der Waals surface area contributed by atoms with Gasteiger partial charge in [0.1, 0.15) is 11.6 Å². The van der Waals surface area contributed by atoms with Crippen LogP contribution in [0.4, 0.5) is 4.39 Å². The number of ether oxygens (including phenoxy) is 1. The van der Waals surface area contributed by atoms with Gasteiger partial charge in [0.05, 0.1) is 18.2 Å². The van der Waals surface area contributed by atoms with Crippen molar-refractivity contribution in [3.05, 3.63) is 62.8 Å². The molecule has 0 aromatic heterocycles. The zero-order valence-electron chi connectivity index (χ0n) is 10.7. The minimum absolute atomic E-state index is 0.00579. The van der Waals surface area contributed by atoms with E-state index in [0.29, 0.717) is 17.7 Å². The quantitative estimate of drug-likeness (QED) is 0.869. The molecule has 0 aliphatic rings. The standard InChI is InChI=1S/C15H13BrClFO2/c1-20-11-3-4-12(16)10(6-11)8-15(19)9-2-5-14(18)13(17)7-9/h2-7,15,19H,8H2,1H3. The monoisotopic (exact) mass is 358 g/mol. The molecule has 0 heterocycles. The maximum atomic E-state index is 13.1. The highest BCUT2D eigenvalue weighted by Gasteiger charge is 2.13. The number of benzene rings is 2. The SMILES string of the molecule is COc1ccc(Br)c(CC(O)c2ccc(F)c(Cl)c2)c1. The number of halogens is 3. The van der Waals surface area contributed by atoms with E-state index < -0.39 is 11.9 Å². The largest absolute Gasteiger partial charge is 0.497 e. The van der Waals surface area contributed by atoms with Crippen LogP contribution in [0.2, 0.25) is 5.02 Å². The summed E-state index contributed by atoms with van der Waals surface area (Å²) in [5.74, 6) is 0.220. The fourth-order valence-electron chi connectivity index (χ4n) is 1.88. The number of rotatable bonds is 4. The third kappa shape index (κ3) is 3.51. The molecule has 1 atom stereocenters. The number of methoxy groups -OCH3 is 1. The van der Waals surface area contributed by atoms with Gasteiger partial charge in [0.15, 0.2) is 0 Å². The summed E-state index contributed by atoms with van der Waals surface area (Å²) < 4.78 is 19.2. The molecule has 2 nitrogen and oxygen atoms in total. The Kier molecular flexibility index (Phi) is 5.02. The van der Waals surface area contributed by atoms with E-state index in [1.54, 1.807) is 7.11 Å². The van der Waals surface area contributed by atoms with Crippen LogP contribution >= 0.6 is 27.5 Å². The van der Waals surface area contributed by atoms with Gasteiger partial charge in [0.2, 0.25) is 0 Å². The van der Waals surface area contributed by atoms with Crippen LogP contribution in [0.15, 0.2) is 40.9 Å². The normalized spacial score (nSPS) is 12.2. The van der Waals surface area contributed by atoms with E-state index in [4.69, 9.17) is 16.3 Å². The molecule has 0 amide bonds. The van der Waals surface area contributed by atoms with Gasteiger partial charge in [-0.1, -0.05) is 33.6 Å². The zero-order chi connectivity index (χ0) is 14.7. The van der Waals surface area contributed by atoms with E-state index in [0.717, 1.165) is 10.0 Å². The topological polar surface area (TPSA) is 29.5 Å². The molecule has 0 spiro atoms. The molecule has 0 fully saturated rings. The molecule has 0 saturated heterocycles. The lowest BCUT2D eigenvalue weighted by molar-refractivity contribution is 0.178. The molecule has 20 heavy (non-hydrogen) atoms. The Morgan fingerprint density at radius 2 is 2.05 bits per heavy atom. The minimum Gasteiger partial charge on any atom is -0.497 e. The molecule has 0 aliphatic carbocycles. The van der Waals surface area contributed by atoms with Crippen molar-refractivity contribution >= 4 is 27.5 Å². The maximum Gasteiger partial charge on any atom is 0.141 e. The van der Waals surface area contributed by atoms with Gasteiger partial charge in [-0.2, -0.15) is 0 Å². The van der Waals surface area contributed by atoms with Crippen LogP contribution in [-0.4, -0.2) is 12.2 Å². The molecule has 5 heteroatoms. The van der Waals surface area contributed by atoms with Gasteiger partial charge in [-0.3, -0.25) is 0 Å². The van der Waals surface area contributed by atoms with E-state index in [9.17, 15) is 9.50 Å². The first-order chi connectivity index (χ1) is 9.51. The maximum absolute atomic E-state index is 13.1. The molecular weight excluding hydrogens is 347 g/mol. The van der Waals surface area contributed by atoms with Crippen LogP contribution in [0.3, 0.4) is 0 Å². The van der Waals surface area contributed by atoms with Crippen LogP contribution in [0, 0.1) is 5.82 Å². The third-order valence-corrected chi connectivity index (χ3v) is 4.06. The number of hydrogen-bond donors (Lipinski definition) is 1. The van der Waals surface area contributed by atoms with Crippen LogP contribution in [-0.2, 0) is 6.42 Å². The summed E-state index contributed by atoms with van der Waals surface area (Å²) in [4.78, 5) is 0. The average Bonchev–Trinajstić information content (AvgIpc) is 2.44. The fraction of sp³-hybridized carbons (Fsp3) is 0.200. The van der Waals surface area contributed by atoms with Crippen molar-refractivity contribution in [3.63, 3.8) is 0 Å². The highest BCUT2D eigenvalue weighted by atomic mass is 79.9. The van der Waals surface area contributed by atoms with Crippen molar-refractivity contribution < 1.29 is 14.2 Å². The van der Waals surface area contributed by atoms with E-state index in [2.05, 4.69) is 15.9 Å². The highest BCUT2D eigenvalue weighted by Crippen LogP contribution is 2.28. The van der Waals surface area contributed by atoms with Crippen LogP contribution in [0.25, 0.3) is 0 Å². The van der Waals surface area contributed by atoms with Crippen molar-refractivity contribution in [2.75, 3.05) is 7.11 Å². The van der Waals surface area contributed by atoms with Crippen molar-refractivity contribution in [1.82, 2.24) is 0 Å². The lowest BCUT2D eigenvalue weighted by Crippen LogP contribution is -2.03. The molecule has 2 aromatic rings. The first-order valence-corrected chi connectivity index (χ1v) is 7.14. The predicted octanol–water partition coefficient (Wildman–Crippen LogP) is 4.53. The van der Waals surface area contributed by atoms with Crippen molar-refractivity contribution in [1.29, 1.82) is 0 Å². The molecule has 2 aromatic carbocycles. The van der Waals surface area contributed by atoms with Gasteiger partial charge in [0.25, 0.3) is 0 Å². The average molecular weight is 360 g/mol. The van der Waals surface area contributed by atoms with Crippen LogP contribution in [0.1, 0.15) is 17.2 Å². The minimum atomic E-state index is -0.767. The highest BCUT2D eigenvalue weighted by molar-refractivity contribution is 9.10.